The summed E-state index contributed by atoms with van der Waals surface area (Å²) in [5.74, 6) is 0.0216. The molecule has 0 aliphatic carbocycles. The Morgan fingerprint density at radius 2 is 2.06 bits per heavy atom. The van der Waals surface area contributed by atoms with Crippen LogP contribution in [0.4, 0.5) is 4.79 Å². The molecular formula is C11H18N2O3. The first-order valence-electron chi connectivity index (χ1n) is 5.56. The molecule has 0 aromatic heterocycles. The second-order valence-corrected chi connectivity index (χ2v) is 5.51. The summed E-state index contributed by atoms with van der Waals surface area (Å²) in [6, 6.07) is -0.152. The Morgan fingerprint density at radius 3 is 2.56 bits per heavy atom. The highest BCUT2D eigenvalue weighted by molar-refractivity contribution is 5.89. The van der Waals surface area contributed by atoms with Gasteiger partial charge in [-0.2, -0.15) is 0 Å². The molecule has 90 valence electrons. The predicted molar refractivity (Wildman–Crippen MR) is 57.9 cm³/mol. The molecule has 0 aromatic carbocycles. The number of nitrogens with zero attached hydrogens (tertiary/aromatic N) is 2. The van der Waals surface area contributed by atoms with Gasteiger partial charge in [0.2, 0.25) is 5.91 Å². The molecule has 3 heterocycles. The Hall–Kier alpha value is -1.26. The fourth-order valence-electron chi connectivity index (χ4n) is 2.24. The van der Waals surface area contributed by atoms with Crippen LogP contribution in [-0.2, 0) is 9.53 Å². The predicted octanol–water partition coefficient (Wildman–Crippen LogP) is 0.836. The van der Waals surface area contributed by atoms with E-state index in [1.165, 1.54) is 0 Å². The molecule has 3 fully saturated rings. The SMILES string of the molecule is CN1C[C@H]2C[C@@H](C1=O)N2C(=O)OC(C)(C)C. The lowest BCUT2D eigenvalue weighted by Gasteiger charge is -2.53. The molecule has 3 aliphatic heterocycles. The van der Waals surface area contributed by atoms with Gasteiger partial charge in [0.1, 0.15) is 11.6 Å². The van der Waals surface area contributed by atoms with E-state index in [1.807, 2.05) is 20.8 Å². The zero-order chi connectivity index (χ0) is 12.1. The van der Waals surface area contributed by atoms with Gasteiger partial charge in [-0.3, -0.25) is 9.69 Å². The Bertz CT molecular complexity index is 335. The zero-order valence-corrected chi connectivity index (χ0v) is 10.2. The molecule has 0 saturated carbocycles. The van der Waals surface area contributed by atoms with Crippen LogP contribution in [0.5, 0.6) is 0 Å². The second-order valence-electron chi connectivity index (χ2n) is 5.51. The summed E-state index contributed by atoms with van der Waals surface area (Å²) in [6.07, 6.45) is 0.415. The van der Waals surface area contributed by atoms with Crippen molar-refractivity contribution < 1.29 is 14.3 Å². The fraction of sp³-hybridized carbons (Fsp3) is 0.818. The number of rotatable bonds is 0. The highest BCUT2D eigenvalue weighted by Gasteiger charge is 2.52. The third kappa shape index (κ3) is 1.74. The Balaban J connectivity index is 2.03. The number of amides is 2. The lowest BCUT2D eigenvalue weighted by Crippen LogP contribution is -2.72. The van der Waals surface area contributed by atoms with Gasteiger partial charge in [0, 0.05) is 13.6 Å². The lowest BCUT2D eigenvalue weighted by atomic mass is 9.87. The van der Waals surface area contributed by atoms with Crippen LogP contribution < -0.4 is 0 Å². The summed E-state index contributed by atoms with van der Waals surface area (Å²) < 4.78 is 5.28. The van der Waals surface area contributed by atoms with Crippen molar-refractivity contribution in [3.63, 3.8) is 0 Å². The number of carbonyl (C=O) groups excluding carboxylic acids is 2. The quantitative estimate of drug-likeness (QED) is 0.615. The summed E-state index contributed by atoms with van der Waals surface area (Å²) in [5, 5.41) is 0. The molecule has 2 atom stereocenters. The number of ether oxygens (including phenoxy) is 1. The minimum absolute atomic E-state index is 0.0216. The summed E-state index contributed by atoms with van der Waals surface area (Å²) in [4.78, 5) is 26.8. The van der Waals surface area contributed by atoms with Crippen LogP contribution in [0.3, 0.4) is 0 Å². The highest BCUT2D eigenvalue weighted by atomic mass is 16.6. The van der Waals surface area contributed by atoms with Crippen molar-refractivity contribution in [2.45, 2.75) is 44.9 Å². The van der Waals surface area contributed by atoms with Gasteiger partial charge in [0.15, 0.2) is 0 Å². The van der Waals surface area contributed by atoms with Crippen LogP contribution in [0.15, 0.2) is 0 Å². The minimum Gasteiger partial charge on any atom is -0.444 e. The number of hydrogen-bond donors (Lipinski definition) is 0. The van der Waals surface area contributed by atoms with Gasteiger partial charge in [0.05, 0.1) is 6.04 Å². The maximum absolute atomic E-state index is 11.8. The van der Waals surface area contributed by atoms with E-state index >= 15 is 0 Å². The van der Waals surface area contributed by atoms with Crippen molar-refractivity contribution in [2.75, 3.05) is 13.6 Å². The molecule has 2 amide bonds. The van der Waals surface area contributed by atoms with E-state index < -0.39 is 5.60 Å². The summed E-state index contributed by atoms with van der Waals surface area (Å²) >= 11 is 0. The van der Waals surface area contributed by atoms with Crippen molar-refractivity contribution in [3.05, 3.63) is 0 Å². The zero-order valence-electron chi connectivity index (χ0n) is 10.2. The molecule has 3 aliphatic rings. The number of likely N-dealkylation sites (N-methyl/N-ethyl adjacent to an activating group) is 1. The third-order valence-electron chi connectivity index (χ3n) is 2.97. The monoisotopic (exact) mass is 226 g/mol. The van der Waals surface area contributed by atoms with Crippen LogP contribution in [0.25, 0.3) is 0 Å². The average molecular weight is 226 g/mol. The number of fused-ring (bicyclic) bond motifs is 2. The number of hydrogen-bond acceptors (Lipinski definition) is 3. The summed E-state index contributed by atoms with van der Waals surface area (Å²) in [6.45, 7) is 6.10. The van der Waals surface area contributed by atoms with Gasteiger partial charge in [-0.05, 0) is 27.2 Å². The number of piperazine rings is 1. The maximum atomic E-state index is 11.8. The van der Waals surface area contributed by atoms with Crippen LogP contribution in [0.1, 0.15) is 27.2 Å². The van der Waals surface area contributed by atoms with Crippen LogP contribution in [-0.4, -0.2) is 53.1 Å². The first kappa shape index (κ1) is 11.2. The van der Waals surface area contributed by atoms with Crippen molar-refractivity contribution in [1.82, 2.24) is 9.80 Å². The molecule has 2 bridgehead atoms. The molecule has 5 nitrogen and oxygen atoms in total. The third-order valence-corrected chi connectivity index (χ3v) is 2.97. The smallest absolute Gasteiger partial charge is 0.411 e. The molecule has 0 spiro atoms. The first-order chi connectivity index (χ1) is 7.29. The van der Waals surface area contributed by atoms with E-state index in [9.17, 15) is 9.59 Å². The Labute approximate surface area is 95.3 Å². The topological polar surface area (TPSA) is 49.9 Å². The molecule has 0 aromatic rings. The Kier molecular flexibility index (Phi) is 2.36. The normalized spacial score (nSPS) is 28.9. The molecule has 16 heavy (non-hydrogen) atoms. The number of piperidine rings is 1. The second kappa shape index (κ2) is 3.37. The fourth-order valence-corrected chi connectivity index (χ4v) is 2.24. The van der Waals surface area contributed by atoms with Crippen molar-refractivity contribution in [3.8, 4) is 0 Å². The van der Waals surface area contributed by atoms with Gasteiger partial charge in [-0.25, -0.2) is 4.79 Å². The lowest BCUT2D eigenvalue weighted by molar-refractivity contribution is -0.155. The highest BCUT2D eigenvalue weighted by Crippen LogP contribution is 2.33. The summed E-state index contributed by atoms with van der Waals surface area (Å²) in [5.41, 5.74) is -0.504. The largest absolute Gasteiger partial charge is 0.444 e. The summed E-state index contributed by atoms with van der Waals surface area (Å²) in [7, 11) is 1.77. The average Bonchev–Trinajstić information content (AvgIpc) is 2.04. The van der Waals surface area contributed by atoms with Crippen molar-refractivity contribution in [2.24, 2.45) is 0 Å². The Morgan fingerprint density at radius 1 is 1.44 bits per heavy atom. The first-order valence-corrected chi connectivity index (χ1v) is 5.56. The van der Waals surface area contributed by atoms with E-state index in [0.29, 0.717) is 6.54 Å². The van der Waals surface area contributed by atoms with Crippen molar-refractivity contribution in [1.29, 1.82) is 0 Å². The van der Waals surface area contributed by atoms with E-state index in [-0.39, 0.29) is 24.1 Å². The van der Waals surface area contributed by atoms with E-state index in [4.69, 9.17) is 4.74 Å². The molecule has 5 heteroatoms. The molecule has 0 N–H and O–H groups in total. The molecule has 3 saturated heterocycles. The molecule has 0 unspecified atom stereocenters. The minimum atomic E-state index is -0.504. The van der Waals surface area contributed by atoms with Gasteiger partial charge in [0.25, 0.3) is 0 Å². The van der Waals surface area contributed by atoms with Gasteiger partial charge >= 0.3 is 6.09 Å². The van der Waals surface area contributed by atoms with Crippen LogP contribution in [0.2, 0.25) is 0 Å². The number of carbonyl (C=O) groups is 2. The van der Waals surface area contributed by atoms with Crippen LogP contribution >= 0.6 is 0 Å². The van der Waals surface area contributed by atoms with E-state index in [2.05, 4.69) is 0 Å². The van der Waals surface area contributed by atoms with Gasteiger partial charge in [-0.1, -0.05) is 0 Å². The molecule has 0 radical (unpaired) electrons. The molecule has 3 rings (SSSR count). The van der Waals surface area contributed by atoms with Crippen molar-refractivity contribution >= 4 is 12.0 Å². The standard InChI is InChI=1S/C11H18N2O3/c1-11(2,3)16-10(15)13-7-5-8(13)9(14)12(4)6-7/h7-8H,5-6H2,1-4H3/t7-,8+/m1/s1. The van der Waals surface area contributed by atoms with Gasteiger partial charge < -0.3 is 9.64 Å². The van der Waals surface area contributed by atoms with E-state index in [1.54, 1.807) is 16.8 Å². The van der Waals surface area contributed by atoms with E-state index in [0.717, 1.165) is 6.42 Å². The maximum Gasteiger partial charge on any atom is 0.411 e. The molecular weight excluding hydrogens is 208 g/mol. The van der Waals surface area contributed by atoms with Crippen LogP contribution in [0, 0.1) is 0 Å². The van der Waals surface area contributed by atoms with Gasteiger partial charge in [-0.15, -0.1) is 0 Å².